The standard InChI is InChI=1S/C15H29NO2S3Si/c1-14(2,3)22(5,6)18-10-11-20-13(19)21-15(4,12-16)8-7-9-17/h17H,7-11H2,1-6H3. The molecule has 0 saturated carbocycles. The molecule has 0 aliphatic carbocycles. The van der Waals surface area contributed by atoms with E-state index < -0.39 is 13.1 Å². The van der Waals surface area contributed by atoms with Crippen molar-refractivity contribution in [3.05, 3.63) is 0 Å². The fraction of sp³-hybridized carbons (Fsp3) is 0.867. The molecule has 0 heterocycles. The Morgan fingerprint density at radius 1 is 1.32 bits per heavy atom. The highest BCUT2D eigenvalue weighted by Crippen LogP contribution is 2.37. The second-order valence-corrected chi connectivity index (χ2v) is 15.6. The molecule has 1 atom stereocenters. The van der Waals surface area contributed by atoms with Gasteiger partial charge in [0.05, 0.1) is 6.07 Å². The summed E-state index contributed by atoms with van der Waals surface area (Å²) in [6, 6.07) is 2.31. The van der Waals surface area contributed by atoms with E-state index in [2.05, 4.69) is 39.9 Å². The second kappa shape index (κ2) is 9.65. The molecule has 0 radical (unpaired) electrons. The molecule has 0 aliphatic heterocycles. The lowest BCUT2D eigenvalue weighted by atomic mass is 10.1. The quantitative estimate of drug-likeness (QED) is 0.371. The molecule has 22 heavy (non-hydrogen) atoms. The van der Waals surface area contributed by atoms with Gasteiger partial charge in [-0.05, 0) is 37.9 Å². The van der Waals surface area contributed by atoms with Gasteiger partial charge >= 0.3 is 0 Å². The number of hydrogen-bond acceptors (Lipinski definition) is 6. The number of nitriles is 1. The molecule has 0 aromatic rings. The van der Waals surface area contributed by atoms with E-state index in [-0.39, 0.29) is 11.6 Å². The van der Waals surface area contributed by atoms with Crippen LogP contribution in [0, 0.1) is 11.3 Å². The summed E-state index contributed by atoms with van der Waals surface area (Å²) in [5, 5.41) is 18.4. The van der Waals surface area contributed by atoms with Gasteiger partial charge < -0.3 is 9.53 Å². The predicted octanol–water partition coefficient (Wildman–Crippen LogP) is 4.81. The first-order valence-corrected chi connectivity index (χ1v) is 12.6. The Hall–Kier alpha value is 0.417. The van der Waals surface area contributed by atoms with Crippen molar-refractivity contribution < 1.29 is 9.53 Å². The zero-order valence-electron chi connectivity index (χ0n) is 14.6. The molecule has 1 unspecified atom stereocenters. The minimum absolute atomic E-state index is 0.109. The number of aliphatic hydroxyl groups is 1. The van der Waals surface area contributed by atoms with E-state index in [9.17, 15) is 5.26 Å². The smallest absolute Gasteiger partial charge is 0.192 e. The van der Waals surface area contributed by atoms with E-state index >= 15 is 0 Å². The van der Waals surface area contributed by atoms with Crippen molar-refractivity contribution in [3.8, 4) is 6.07 Å². The molecule has 1 N–H and O–H groups in total. The molecular weight excluding hydrogens is 350 g/mol. The maximum Gasteiger partial charge on any atom is 0.192 e. The summed E-state index contributed by atoms with van der Waals surface area (Å²) in [5.74, 6) is 0.819. The SMILES string of the molecule is CC(C#N)(CCCO)SC(=S)SCCO[Si](C)(C)C(C)(C)C. The van der Waals surface area contributed by atoms with Crippen molar-refractivity contribution in [3.63, 3.8) is 0 Å². The Morgan fingerprint density at radius 3 is 2.36 bits per heavy atom. The van der Waals surface area contributed by atoms with Crippen LogP contribution in [0.3, 0.4) is 0 Å². The monoisotopic (exact) mass is 379 g/mol. The van der Waals surface area contributed by atoms with Crippen molar-refractivity contribution in [2.75, 3.05) is 19.0 Å². The first kappa shape index (κ1) is 22.4. The number of thioether (sulfide) groups is 2. The lowest BCUT2D eigenvalue weighted by Gasteiger charge is -2.36. The van der Waals surface area contributed by atoms with Crippen LogP contribution in [0.4, 0.5) is 0 Å². The third-order valence-electron chi connectivity index (χ3n) is 3.93. The van der Waals surface area contributed by atoms with Crippen LogP contribution in [0.25, 0.3) is 0 Å². The van der Waals surface area contributed by atoms with Crippen molar-refractivity contribution in [2.45, 2.75) is 63.4 Å². The molecular formula is C15H29NO2S3Si. The molecule has 0 amide bonds. The van der Waals surface area contributed by atoms with Crippen molar-refractivity contribution in [1.29, 1.82) is 5.26 Å². The van der Waals surface area contributed by atoms with E-state index in [1.54, 1.807) is 11.8 Å². The Balaban J connectivity index is 4.18. The summed E-state index contributed by atoms with van der Waals surface area (Å²) in [5.41, 5.74) is 0. The van der Waals surface area contributed by atoms with Gasteiger partial charge in [0, 0.05) is 19.0 Å². The van der Waals surface area contributed by atoms with Crippen molar-refractivity contribution in [1.82, 2.24) is 0 Å². The van der Waals surface area contributed by atoms with Crippen LogP contribution in [-0.2, 0) is 4.43 Å². The number of nitrogens with zero attached hydrogens (tertiary/aromatic N) is 1. The zero-order chi connectivity index (χ0) is 17.4. The van der Waals surface area contributed by atoms with E-state index in [0.717, 1.165) is 9.28 Å². The molecule has 3 nitrogen and oxygen atoms in total. The number of thiocarbonyl (C=S) groups is 1. The van der Waals surface area contributed by atoms with Gasteiger partial charge in [0.2, 0.25) is 0 Å². The molecule has 0 aliphatic rings. The predicted molar refractivity (Wildman–Crippen MR) is 106 cm³/mol. The van der Waals surface area contributed by atoms with E-state index in [4.69, 9.17) is 21.8 Å². The first-order chi connectivity index (χ1) is 9.97. The summed E-state index contributed by atoms with van der Waals surface area (Å²) < 4.78 is 6.35. The van der Waals surface area contributed by atoms with Gasteiger partial charge in [-0.2, -0.15) is 5.26 Å². The van der Waals surface area contributed by atoms with Gasteiger partial charge in [-0.25, -0.2) is 0 Å². The maximum absolute atomic E-state index is 9.29. The summed E-state index contributed by atoms with van der Waals surface area (Å²) in [6.07, 6.45) is 1.27. The van der Waals surface area contributed by atoms with E-state index in [0.29, 0.717) is 19.4 Å². The van der Waals surface area contributed by atoms with Crippen LogP contribution in [0.2, 0.25) is 18.1 Å². The molecule has 0 fully saturated rings. The average molecular weight is 380 g/mol. The van der Waals surface area contributed by atoms with Crippen LogP contribution in [0.1, 0.15) is 40.5 Å². The lowest BCUT2D eigenvalue weighted by molar-refractivity contribution is 0.282. The third kappa shape index (κ3) is 8.32. The largest absolute Gasteiger partial charge is 0.416 e. The third-order valence-corrected chi connectivity index (χ3v) is 11.2. The zero-order valence-corrected chi connectivity index (χ0v) is 18.0. The molecule has 0 aromatic carbocycles. The Bertz CT molecular complexity index is 405. The number of hydrogen-bond donors (Lipinski definition) is 1. The van der Waals surface area contributed by atoms with E-state index in [1.165, 1.54) is 11.8 Å². The van der Waals surface area contributed by atoms with Crippen molar-refractivity contribution >= 4 is 47.6 Å². The second-order valence-electron chi connectivity index (χ2n) is 6.98. The van der Waals surface area contributed by atoms with Gasteiger partial charge in [0.15, 0.2) is 8.32 Å². The fourth-order valence-corrected chi connectivity index (χ4v) is 5.42. The minimum Gasteiger partial charge on any atom is -0.416 e. The topological polar surface area (TPSA) is 53.2 Å². The molecule has 0 spiro atoms. The fourth-order valence-electron chi connectivity index (χ4n) is 1.40. The highest BCUT2D eigenvalue weighted by atomic mass is 32.2. The Kier molecular flexibility index (Phi) is 9.83. The molecule has 0 bridgehead atoms. The van der Waals surface area contributed by atoms with Gasteiger partial charge in [0.1, 0.15) is 8.28 Å². The van der Waals surface area contributed by atoms with Crippen LogP contribution in [0.15, 0.2) is 0 Å². The molecule has 128 valence electrons. The van der Waals surface area contributed by atoms with E-state index in [1.807, 2.05) is 6.92 Å². The van der Waals surface area contributed by atoms with Crippen LogP contribution < -0.4 is 0 Å². The van der Waals surface area contributed by atoms with Crippen LogP contribution in [0.5, 0.6) is 0 Å². The van der Waals surface area contributed by atoms with Crippen LogP contribution >= 0.6 is 35.7 Å². The minimum atomic E-state index is -1.69. The Morgan fingerprint density at radius 2 is 1.91 bits per heavy atom. The van der Waals surface area contributed by atoms with Gasteiger partial charge in [-0.1, -0.05) is 44.8 Å². The lowest BCUT2D eigenvalue weighted by Crippen LogP contribution is -2.41. The van der Waals surface area contributed by atoms with Gasteiger partial charge in [-0.3, -0.25) is 0 Å². The first-order valence-electron chi connectivity index (χ1n) is 7.49. The van der Waals surface area contributed by atoms with Gasteiger partial charge in [0.25, 0.3) is 0 Å². The number of aliphatic hydroxyl groups excluding tert-OH is 1. The highest BCUT2D eigenvalue weighted by Gasteiger charge is 2.36. The molecule has 7 heteroatoms. The molecule has 0 rings (SSSR count). The summed E-state index contributed by atoms with van der Waals surface area (Å²) >= 11 is 8.38. The Labute approximate surface area is 150 Å². The summed E-state index contributed by atoms with van der Waals surface area (Å²) in [4.78, 5) is 0. The normalized spacial score (nSPS) is 15.2. The molecule has 0 saturated heterocycles. The van der Waals surface area contributed by atoms with Crippen molar-refractivity contribution in [2.24, 2.45) is 0 Å². The summed E-state index contributed by atoms with van der Waals surface area (Å²) in [7, 11) is -1.69. The van der Waals surface area contributed by atoms with Crippen LogP contribution in [-0.4, -0.2) is 40.7 Å². The number of rotatable bonds is 8. The maximum atomic E-state index is 9.29. The molecule has 0 aromatic heterocycles. The summed E-state index contributed by atoms with van der Waals surface area (Å²) in [6.45, 7) is 13.9. The highest BCUT2D eigenvalue weighted by molar-refractivity contribution is 8.47. The average Bonchev–Trinajstić information content (AvgIpc) is 2.40. The van der Waals surface area contributed by atoms with Gasteiger partial charge in [-0.15, -0.1) is 11.8 Å².